The summed E-state index contributed by atoms with van der Waals surface area (Å²) in [6.45, 7) is 7.10. The van der Waals surface area contributed by atoms with Crippen LogP contribution in [0.3, 0.4) is 0 Å². The number of nitrogens with one attached hydrogen (secondary N) is 1. The smallest absolute Gasteiger partial charge is 0.410 e. The van der Waals surface area contributed by atoms with Crippen LogP contribution in [0.4, 0.5) is 4.79 Å². The first-order valence-electron chi connectivity index (χ1n) is 7.71. The van der Waals surface area contributed by atoms with E-state index in [2.05, 4.69) is 11.4 Å². The molecule has 1 fully saturated rings. The van der Waals surface area contributed by atoms with Gasteiger partial charge in [0.2, 0.25) is 0 Å². The van der Waals surface area contributed by atoms with Crippen LogP contribution >= 0.6 is 11.6 Å². The summed E-state index contributed by atoms with van der Waals surface area (Å²) in [5.41, 5.74) is 0.705. The average Bonchev–Trinajstić information content (AvgIpc) is 2.87. The van der Waals surface area contributed by atoms with Crippen LogP contribution in [0.1, 0.15) is 38.8 Å². The molecule has 2 rings (SSSR count). The van der Waals surface area contributed by atoms with Gasteiger partial charge in [-0.3, -0.25) is 0 Å². The molecule has 0 bridgehead atoms. The number of halogens is 1. The van der Waals surface area contributed by atoms with Gasteiger partial charge in [-0.2, -0.15) is 0 Å². The molecule has 1 heterocycles. The van der Waals surface area contributed by atoms with E-state index in [1.165, 1.54) is 0 Å². The highest BCUT2D eigenvalue weighted by molar-refractivity contribution is 6.30. The predicted octanol–water partition coefficient (Wildman–Crippen LogP) is 3.86. The SMILES string of the molecule is CNC(c1cccc(Cl)c1)C1CCN(C(=O)OC(C)(C)C)C1. The van der Waals surface area contributed by atoms with Crippen molar-refractivity contribution >= 4 is 17.7 Å². The minimum Gasteiger partial charge on any atom is -0.444 e. The molecule has 1 amide bonds. The van der Waals surface area contributed by atoms with Crippen LogP contribution in [0.25, 0.3) is 0 Å². The van der Waals surface area contributed by atoms with E-state index in [4.69, 9.17) is 16.3 Å². The summed E-state index contributed by atoms with van der Waals surface area (Å²) in [5.74, 6) is 0.357. The fraction of sp³-hybridized carbons (Fsp3) is 0.588. The highest BCUT2D eigenvalue weighted by atomic mass is 35.5. The van der Waals surface area contributed by atoms with Gasteiger partial charge in [-0.15, -0.1) is 0 Å². The van der Waals surface area contributed by atoms with Gasteiger partial charge < -0.3 is 15.0 Å². The standard InChI is InChI=1S/C17H25ClN2O2/c1-17(2,3)22-16(21)20-9-8-13(11-20)15(19-4)12-6-5-7-14(18)10-12/h5-7,10,13,15,19H,8-9,11H2,1-4H3. The first-order valence-corrected chi connectivity index (χ1v) is 8.08. The van der Waals surface area contributed by atoms with Crippen molar-refractivity contribution in [3.63, 3.8) is 0 Å². The Kier molecular flexibility index (Phi) is 5.35. The number of benzene rings is 1. The maximum Gasteiger partial charge on any atom is 0.410 e. The molecule has 2 atom stereocenters. The molecule has 5 heteroatoms. The molecule has 122 valence electrons. The summed E-state index contributed by atoms with van der Waals surface area (Å²) >= 11 is 6.09. The van der Waals surface area contributed by atoms with Crippen LogP contribution in [0.5, 0.6) is 0 Å². The topological polar surface area (TPSA) is 41.6 Å². The highest BCUT2D eigenvalue weighted by Crippen LogP contribution is 2.31. The number of hydrogen-bond donors (Lipinski definition) is 1. The number of likely N-dealkylation sites (tertiary alicyclic amines) is 1. The highest BCUT2D eigenvalue weighted by Gasteiger charge is 2.34. The summed E-state index contributed by atoms with van der Waals surface area (Å²) in [6, 6.07) is 8.08. The first-order chi connectivity index (χ1) is 10.3. The Bertz CT molecular complexity index is 528. The molecule has 1 aromatic rings. The molecule has 22 heavy (non-hydrogen) atoms. The fourth-order valence-corrected chi connectivity index (χ4v) is 3.12. The van der Waals surface area contributed by atoms with Crippen molar-refractivity contribution < 1.29 is 9.53 Å². The van der Waals surface area contributed by atoms with E-state index in [1.54, 1.807) is 4.90 Å². The number of ether oxygens (including phenoxy) is 1. The Morgan fingerprint density at radius 1 is 1.45 bits per heavy atom. The lowest BCUT2D eigenvalue weighted by Gasteiger charge is -2.26. The first kappa shape index (κ1) is 17.1. The molecule has 2 unspecified atom stereocenters. The average molecular weight is 325 g/mol. The van der Waals surface area contributed by atoms with Crippen molar-refractivity contribution in [2.24, 2.45) is 5.92 Å². The minimum absolute atomic E-state index is 0.186. The number of amides is 1. The van der Waals surface area contributed by atoms with Crippen LogP contribution in [-0.2, 0) is 4.74 Å². The third-order valence-corrected chi connectivity index (χ3v) is 4.10. The second-order valence-corrected chi connectivity index (χ2v) is 7.23. The Labute approximate surface area is 137 Å². The zero-order chi connectivity index (χ0) is 16.3. The molecule has 0 saturated carbocycles. The normalized spacial score (nSPS) is 20.0. The lowest BCUT2D eigenvalue weighted by Crippen LogP contribution is -2.36. The van der Waals surface area contributed by atoms with Crippen LogP contribution in [0, 0.1) is 5.92 Å². The van der Waals surface area contributed by atoms with Crippen molar-refractivity contribution in [2.45, 2.75) is 38.8 Å². The van der Waals surface area contributed by atoms with Gasteiger partial charge in [0.05, 0.1) is 0 Å². The summed E-state index contributed by atoms with van der Waals surface area (Å²) in [6.07, 6.45) is 0.730. The molecule has 1 saturated heterocycles. The van der Waals surface area contributed by atoms with E-state index in [0.717, 1.165) is 23.6 Å². The summed E-state index contributed by atoms with van der Waals surface area (Å²) in [5, 5.41) is 4.09. The lowest BCUT2D eigenvalue weighted by atomic mass is 9.92. The molecule has 0 radical (unpaired) electrons. The lowest BCUT2D eigenvalue weighted by molar-refractivity contribution is 0.0285. The third-order valence-electron chi connectivity index (χ3n) is 3.87. The number of rotatable bonds is 3. The minimum atomic E-state index is -0.454. The number of nitrogens with zero attached hydrogens (tertiary/aromatic N) is 1. The van der Waals surface area contributed by atoms with Crippen molar-refractivity contribution in [3.05, 3.63) is 34.9 Å². The van der Waals surface area contributed by atoms with Gasteiger partial charge in [0.15, 0.2) is 0 Å². The maximum absolute atomic E-state index is 12.2. The molecular weight excluding hydrogens is 300 g/mol. The van der Waals surface area contributed by atoms with Gasteiger partial charge in [-0.25, -0.2) is 4.79 Å². The van der Waals surface area contributed by atoms with Gasteiger partial charge >= 0.3 is 6.09 Å². The molecule has 0 aromatic heterocycles. The van der Waals surface area contributed by atoms with Crippen LogP contribution in [0.2, 0.25) is 5.02 Å². The molecule has 1 aliphatic rings. The van der Waals surface area contributed by atoms with Crippen LogP contribution < -0.4 is 5.32 Å². The zero-order valence-electron chi connectivity index (χ0n) is 13.7. The van der Waals surface area contributed by atoms with Crippen LogP contribution in [0.15, 0.2) is 24.3 Å². The van der Waals surface area contributed by atoms with E-state index < -0.39 is 5.60 Å². The van der Waals surface area contributed by atoms with E-state index in [9.17, 15) is 4.79 Å². The molecular formula is C17H25ClN2O2. The number of carbonyl (C=O) groups is 1. The Hall–Kier alpha value is -1.26. The second-order valence-electron chi connectivity index (χ2n) is 6.80. The number of hydrogen-bond acceptors (Lipinski definition) is 3. The van der Waals surface area contributed by atoms with E-state index in [1.807, 2.05) is 46.0 Å². The quantitative estimate of drug-likeness (QED) is 0.918. The van der Waals surface area contributed by atoms with Crippen molar-refractivity contribution in [2.75, 3.05) is 20.1 Å². The van der Waals surface area contributed by atoms with Crippen molar-refractivity contribution in [3.8, 4) is 0 Å². The van der Waals surface area contributed by atoms with E-state index >= 15 is 0 Å². The summed E-state index contributed by atoms with van der Waals surface area (Å²) in [7, 11) is 1.95. The monoisotopic (exact) mass is 324 g/mol. The Morgan fingerprint density at radius 3 is 2.77 bits per heavy atom. The van der Waals surface area contributed by atoms with E-state index in [0.29, 0.717) is 12.5 Å². The third kappa shape index (κ3) is 4.37. The molecule has 0 spiro atoms. The van der Waals surface area contributed by atoms with Crippen molar-refractivity contribution in [1.29, 1.82) is 0 Å². The van der Waals surface area contributed by atoms with E-state index in [-0.39, 0.29) is 12.1 Å². The van der Waals surface area contributed by atoms with Gasteiger partial charge in [0.1, 0.15) is 5.60 Å². The predicted molar refractivity (Wildman–Crippen MR) is 89.2 cm³/mol. The second kappa shape index (κ2) is 6.88. The van der Waals surface area contributed by atoms with Crippen molar-refractivity contribution in [1.82, 2.24) is 10.2 Å². The van der Waals surface area contributed by atoms with Gasteiger partial charge in [0, 0.05) is 24.2 Å². The Balaban J connectivity index is 2.03. The van der Waals surface area contributed by atoms with Gasteiger partial charge in [0.25, 0.3) is 0 Å². The van der Waals surface area contributed by atoms with Gasteiger partial charge in [-0.05, 0) is 57.9 Å². The maximum atomic E-state index is 12.2. The van der Waals surface area contributed by atoms with Gasteiger partial charge in [-0.1, -0.05) is 23.7 Å². The molecule has 1 aliphatic heterocycles. The fourth-order valence-electron chi connectivity index (χ4n) is 2.93. The summed E-state index contributed by atoms with van der Waals surface area (Å²) < 4.78 is 5.45. The Morgan fingerprint density at radius 2 is 2.18 bits per heavy atom. The largest absolute Gasteiger partial charge is 0.444 e. The molecule has 1 aromatic carbocycles. The molecule has 1 N–H and O–H groups in total. The summed E-state index contributed by atoms with van der Waals surface area (Å²) in [4.78, 5) is 14.0. The number of carbonyl (C=O) groups excluding carboxylic acids is 1. The molecule has 0 aliphatic carbocycles. The zero-order valence-corrected chi connectivity index (χ0v) is 14.5. The molecule has 4 nitrogen and oxygen atoms in total. The van der Waals surface area contributed by atoms with Crippen LogP contribution in [-0.4, -0.2) is 36.7 Å².